The fourth-order valence-corrected chi connectivity index (χ4v) is 3.56. The van der Waals surface area contributed by atoms with Crippen LogP contribution in [0.15, 0.2) is 71.7 Å². The Kier molecular flexibility index (Phi) is 9.75. The van der Waals surface area contributed by atoms with Crippen LogP contribution >= 0.6 is 23.2 Å². The molecular weight excluding hydrogens is 455 g/mol. The van der Waals surface area contributed by atoms with Crippen LogP contribution in [-0.4, -0.2) is 30.7 Å². The van der Waals surface area contributed by atoms with Crippen molar-refractivity contribution in [1.82, 2.24) is 4.57 Å². The Morgan fingerprint density at radius 3 is 2.22 bits per heavy atom. The van der Waals surface area contributed by atoms with Crippen LogP contribution in [0.1, 0.15) is 11.6 Å². The minimum Gasteiger partial charge on any atom is -0.372 e. The van der Waals surface area contributed by atoms with E-state index >= 15 is 0 Å². The number of hydrogen-bond donors (Lipinski definition) is 2. The van der Waals surface area contributed by atoms with Gasteiger partial charge in [0.05, 0.1) is 23.4 Å². The van der Waals surface area contributed by atoms with Crippen molar-refractivity contribution in [3.05, 3.63) is 92.8 Å². The number of halogens is 2. The summed E-state index contributed by atoms with van der Waals surface area (Å²) in [6.07, 6.45) is 2.21. The molecule has 1 aromatic heterocycles. The highest BCUT2D eigenvalue weighted by molar-refractivity contribution is 6.32. The lowest BCUT2D eigenvalue weighted by molar-refractivity contribution is -0.107. The van der Waals surface area contributed by atoms with Crippen LogP contribution in [0.4, 0.5) is 5.69 Å². The van der Waals surface area contributed by atoms with Gasteiger partial charge in [0.25, 0.3) is 5.56 Å². The Labute approximate surface area is 194 Å². The van der Waals surface area contributed by atoms with Crippen molar-refractivity contribution in [1.29, 1.82) is 0 Å². The first-order chi connectivity index (χ1) is 15.5. The number of rotatable bonds is 3. The molecule has 0 radical (unpaired) electrons. The zero-order valence-corrected chi connectivity index (χ0v) is 18.4. The molecule has 1 saturated heterocycles. The van der Waals surface area contributed by atoms with Crippen LogP contribution in [0.2, 0.25) is 10.0 Å². The summed E-state index contributed by atoms with van der Waals surface area (Å²) in [5.41, 5.74) is 11.0. The van der Waals surface area contributed by atoms with Crippen LogP contribution < -0.4 is 21.9 Å². The minimum atomic E-state index is -0.117. The van der Waals surface area contributed by atoms with Gasteiger partial charge in [-0.05, 0) is 48.0 Å². The van der Waals surface area contributed by atoms with Crippen LogP contribution in [0, 0.1) is 0 Å². The van der Waals surface area contributed by atoms with Crippen LogP contribution in [0.25, 0.3) is 5.69 Å². The number of carbonyl (C=O) groups is 2. The molecule has 1 aliphatic rings. The number of anilines is 1. The van der Waals surface area contributed by atoms with Gasteiger partial charge < -0.3 is 21.1 Å². The molecule has 4 rings (SSSR count). The summed E-state index contributed by atoms with van der Waals surface area (Å²) in [4.78, 5) is 31.4. The lowest BCUT2D eigenvalue weighted by Gasteiger charge is -2.25. The van der Waals surface area contributed by atoms with Crippen LogP contribution in [0.3, 0.4) is 0 Å². The second-order valence-electron chi connectivity index (χ2n) is 6.35. The van der Waals surface area contributed by atoms with Gasteiger partial charge in [0.2, 0.25) is 12.8 Å². The molecule has 0 spiro atoms. The van der Waals surface area contributed by atoms with Gasteiger partial charge in [-0.1, -0.05) is 35.3 Å². The standard InChI is InChI=1S/C20H16Cl2N2O2.2CH3NO/c21-15-5-7-16(8-6-15)24-13-26-12-19(24)14-4-9-18(17(22)11-14)23-10-2-1-3-20(23)25;2*2-1-3/h1-11,19H,12-13H2;2*1H,(H2,2,3). The lowest BCUT2D eigenvalue weighted by Crippen LogP contribution is -2.23. The van der Waals surface area contributed by atoms with E-state index < -0.39 is 0 Å². The van der Waals surface area contributed by atoms with Crippen molar-refractivity contribution >= 4 is 41.7 Å². The zero-order valence-electron chi connectivity index (χ0n) is 16.9. The van der Waals surface area contributed by atoms with Gasteiger partial charge in [-0.15, -0.1) is 0 Å². The predicted molar refractivity (Wildman–Crippen MR) is 125 cm³/mol. The summed E-state index contributed by atoms with van der Waals surface area (Å²) in [5.74, 6) is 0. The molecule has 2 amide bonds. The minimum absolute atomic E-state index is 0.0511. The third kappa shape index (κ3) is 6.34. The first kappa shape index (κ1) is 24.9. The van der Waals surface area contributed by atoms with Crippen LogP contribution in [0.5, 0.6) is 0 Å². The second-order valence-corrected chi connectivity index (χ2v) is 7.20. The van der Waals surface area contributed by atoms with Gasteiger partial charge in [-0.25, -0.2) is 0 Å². The number of carbonyl (C=O) groups excluding carboxylic acids is 2. The maximum atomic E-state index is 12.0. The molecular formula is C22H22Cl2N4O4. The molecule has 0 bridgehead atoms. The van der Waals surface area contributed by atoms with Gasteiger partial charge in [-0.2, -0.15) is 0 Å². The lowest BCUT2D eigenvalue weighted by atomic mass is 10.1. The fourth-order valence-electron chi connectivity index (χ4n) is 3.16. The number of nitrogens with zero attached hydrogens (tertiary/aromatic N) is 2. The number of primary amides is 2. The maximum absolute atomic E-state index is 12.0. The van der Waals surface area contributed by atoms with Gasteiger partial charge in [0.1, 0.15) is 6.73 Å². The molecule has 2 aromatic carbocycles. The van der Waals surface area contributed by atoms with E-state index in [0.717, 1.165) is 11.3 Å². The SMILES string of the molecule is NC=O.NC=O.O=c1ccccn1-c1ccc(C2COCN2c2ccc(Cl)cc2)cc1Cl. The van der Waals surface area contributed by atoms with E-state index in [4.69, 9.17) is 37.5 Å². The molecule has 0 saturated carbocycles. The maximum Gasteiger partial charge on any atom is 0.255 e. The topological polar surface area (TPSA) is 121 Å². The summed E-state index contributed by atoms with van der Waals surface area (Å²) in [7, 11) is 0. The van der Waals surface area contributed by atoms with Crippen molar-refractivity contribution in [2.45, 2.75) is 6.04 Å². The Morgan fingerprint density at radius 1 is 0.969 bits per heavy atom. The quantitative estimate of drug-likeness (QED) is 0.562. The summed E-state index contributed by atoms with van der Waals surface area (Å²) in [6.45, 7) is 1.08. The average molecular weight is 477 g/mol. The van der Waals surface area contributed by atoms with Crippen molar-refractivity contribution in [2.75, 3.05) is 18.2 Å². The van der Waals surface area contributed by atoms with E-state index in [1.807, 2.05) is 42.5 Å². The van der Waals surface area contributed by atoms with Crippen molar-refractivity contribution in [3.8, 4) is 5.69 Å². The molecule has 10 heteroatoms. The molecule has 1 unspecified atom stereocenters. The predicted octanol–water partition coefficient (Wildman–Crippen LogP) is 2.88. The van der Waals surface area contributed by atoms with Gasteiger partial charge in [0.15, 0.2) is 0 Å². The van der Waals surface area contributed by atoms with E-state index in [-0.39, 0.29) is 24.4 Å². The molecule has 32 heavy (non-hydrogen) atoms. The molecule has 3 aromatic rings. The molecule has 8 nitrogen and oxygen atoms in total. The van der Waals surface area contributed by atoms with Crippen molar-refractivity contribution < 1.29 is 14.3 Å². The van der Waals surface area contributed by atoms with E-state index in [0.29, 0.717) is 29.1 Å². The second kappa shape index (κ2) is 12.5. The Morgan fingerprint density at radius 2 is 1.62 bits per heavy atom. The Hall–Kier alpha value is -3.33. The molecule has 1 atom stereocenters. The number of nitrogens with two attached hydrogens (primary N) is 2. The number of amides is 2. The number of aromatic nitrogens is 1. The normalized spacial score (nSPS) is 14.4. The number of ether oxygens (including phenoxy) is 1. The van der Waals surface area contributed by atoms with Gasteiger partial charge in [0, 0.05) is 23.0 Å². The van der Waals surface area contributed by atoms with Gasteiger partial charge in [-0.3, -0.25) is 19.0 Å². The largest absolute Gasteiger partial charge is 0.372 e. The molecule has 1 fully saturated rings. The van der Waals surface area contributed by atoms with Crippen molar-refractivity contribution in [3.63, 3.8) is 0 Å². The Bertz CT molecular complexity index is 1080. The number of hydrogen-bond acceptors (Lipinski definition) is 5. The molecule has 4 N–H and O–H groups in total. The van der Waals surface area contributed by atoms with Crippen LogP contribution in [-0.2, 0) is 14.3 Å². The monoisotopic (exact) mass is 476 g/mol. The first-order valence-electron chi connectivity index (χ1n) is 9.35. The summed E-state index contributed by atoms with van der Waals surface area (Å²) in [5, 5.41) is 1.23. The highest BCUT2D eigenvalue weighted by Gasteiger charge is 2.27. The third-order valence-electron chi connectivity index (χ3n) is 4.48. The number of benzene rings is 2. The fraction of sp³-hybridized carbons (Fsp3) is 0.136. The summed E-state index contributed by atoms with van der Waals surface area (Å²) >= 11 is 12.5. The molecule has 168 valence electrons. The number of pyridine rings is 1. The van der Waals surface area contributed by atoms with E-state index in [9.17, 15) is 4.79 Å². The van der Waals surface area contributed by atoms with E-state index in [2.05, 4.69) is 16.4 Å². The molecule has 2 heterocycles. The third-order valence-corrected chi connectivity index (χ3v) is 5.03. The van der Waals surface area contributed by atoms with E-state index in [1.54, 1.807) is 18.3 Å². The first-order valence-corrected chi connectivity index (χ1v) is 10.1. The zero-order chi connectivity index (χ0) is 23.5. The van der Waals surface area contributed by atoms with E-state index in [1.165, 1.54) is 10.6 Å². The van der Waals surface area contributed by atoms with Crippen molar-refractivity contribution in [2.24, 2.45) is 11.5 Å². The summed E-state index contributed by atoms with van der Waals surface area (Å²) < 4.78 is 7.21. The van der Waals surface area contributed by atoms with Gasteiger partial charge >= 0.3 is 0 Å². The Balaban J connectivity index is 0.000000547. The highest BCUT2D eigenvalue weighted by atomic mass is 35.5. The molecule has 0 aliphatic carbocycles. The summed E-state index contributed by atoms with van der Waals surface area (Å²) in [6, 6.07) is 18.5. The highest BCUT2D eigenvalue weighted by Crippen LogP contribution is 2.34. The molecule has 1 aliphatic heterocycles. The average Bonchev–Trinajstić information content (AvgIpc) is 3.26. The smallest absolute Gasteiger partial charge is 0.255 e.